The van der Waals surface area contributed by atoms with Gasteiger partial charge in [0.05, 0.1) is 20.6 Å². The number of carbonyl (C=O) groups is 2. The van der Waals surface area contributed by atoms with Crippen LogP contribution in [0.25, 0.3) is 6.08 Å². The number of benzene rings is 1. The Bertz CT molecular complexity index is 882. The molecule has 0 spiro atoms. The molecule has 2 atom stereocenters. The number of rotatable bonds is 6. The van der Waals surface area contributed by atoms with Crippen LogP contribution < -0.4 is 9.47 Å². The van der Waals surface area contributed by atoms with E-state index < -0.39 is 0 Å². The molecule has 0 N–H and O–H groups in total. The number of hydrogen-bond acceptors (Lipinski definition) is 5. The molecule has 0 radical (unpaired) electrons. The van der Waals surface area contributed by atoms with E-state index in [1.165, 1.54) is 50.1 Å². The van der Waals surface area contributed by atoms with Gasteiger partial charge < -0.3 is 24.2 Å². The van der Waals surface area contributed by atoms with Crippen molar-refractivity contribution in [2.24, 2.45) is 5.92 Å². The van der Waals surface area contributed by atoms with Crippen molar-refractivity contribution >= 4 is 17.9 Å². The number of likely N-dealkylation sites (N-methyl/N-ethyl adjacent to an activating group) is 1. The number of amides is 2. The average molecular weight is 442 g/mol. The third kappa shape index (κ3) is 4.77. The lowest BCUT2D eigenvalue weighted by Crippen LogP contribution is -2.51. The van der Waals surface area contributed by atoms with Gasteiger partial charge >= 0.3 is 0 Å². The molecule has 32 heavy (non-hydrogen) atoms. The maximum absolute atomic E-state index is 13.0. The molecular weight excluding hydrogens is 406 g/mol. The maximum atomic E-state index is 13.0. The van der Waals surface area contributed by atoms with Crippen molar-refractivity contribution in [1.29, 1.82) is 0 Å². The summed E-state index contributed by atoms with van der Waals surface area (Å²) < 4.78 is 10.8. The molecule has 174 valence electrons. The number of nitrogens with zero attached hydrogens (tertiary/aromatic N) is 3. The predicted octanol–water partition coefficient (Wildman–Crippen LogP) is 2.78. The number of ether oxygens (including phenoxy) is 2. The number of fused-ring (bicyclic) bond motifs is 2. The lowest BCUT2D eigenvalue weighted by Gasteiger charge is -2.45. The lowest BCUT2D eigenvalue weighted by molar-refractivity contribution is -0.138. The zero-order valence-electron chi connectivity index (χ0n) is 19.5. The molecule has 2 saturated heterocycles. The second-order valence-corrected chi connectivity index (χ2v) is 9.20. The molecule has 4 rings (SSSR count). The molecule has 2 amide bonds. The molecule has 0 bridgehead atoms. The lowest BCUT2D eigenvalue weighted by atomic mass is 9.83. The molecule has 3 aliphatic heterocycles. The normalized spacial score (nSPS) is 23.2. The van der Waals surface area contributed by atoms with Crippen molar-refractivity contribution < 1.29 is 19.1 Å². The van der Waals surface area contributed by atoms with Gasteiger partial charge in [-0.05, 0) is 74.0 Å². The molecule has 7 nitrogen and oxygen atoms in total. The van der Waals surface area contributed by atoms with Crippen LogP contribution >= 0.6 is 0 Å². The van der Waals surface area contributed by atoms with Crippen molar-refractivity contribution in [3.63, 3.8) is 0 Å². The van der Waals surface area contributed by atoms with Gasteiger partial charge in [-0.15, -0.1) is 0 Å². The summed E-state index contributed by atoms with van der Waals surface area (Å²) >= 11 is 0. The first-order valence-corrected chi connectivity index (χ1v) is 11.7. The summed E-state index contributed by atoms with van der Waals surface area (Å²) in [6, 6.07) is 4.31. The van der Waals surface area contributed by atoms with Crippen molar-refractivity contribution in [2.45, 2.75) is 44.6 Å². The smallest absolute Gasteiger partial charge is 0.242 e. The summed E-state index contributed by atoms with van der Waals surface area (Å²) in [7, 11) is 5.05. The molecule has 3 heterocycles. The highest BCUT2D eigenvalue weighted by Gasteiger charge is 2.34. The second-order valence-electron chi connectivity index (χ2n) is 9.20. The van der Waals surface area contributed by atoms with Crippen LogP contribution in [-0.4, -0.2) is 80.0 Å². The van der Waals surface area contributed by atoms with Gasteiger partial charge in [0.1, 0.15) is 6.54 Å². The highest BCUT2D eigenvalue weighted by Crippen LogP contribution is 2.33. The molecular formula is C25H35N3O4. The molecule has 0 unspecified atom stereocenters. The monoisotopic (exact) mass is 441 g/mol. The average Bonchev–Trinajstić information content (AvgIpc) is 2.96. The summed E-state index contributed by atoms with van der Waals surface area (Å²) in [5, 5.41) is 0. The van der Waals surface area contributed by atoms with Gasteiger partial charge in [0.2, 0.25) is 11.8 Å². The van der Waals surface area contributed by atoms with Gasteiger partial charge in [0.15, 0.2) is 11.5 Å². The number of hydrogen-bond donors (Lipinski definition) is 0. The van der Waals surface area contributed by atoms with Crippen LogP contribution in [0.4, 0.5) is 0 Å². The Balaban J connectivity index is 1.40. The van der Waals surface area contributed by atoms with Crippen LogP contribution in [0.1, 0.15) is 43.2 Å². The number of methoxy groups -OCH3 is 2. The van der Waals surface area contributed by atoms with E-state index in [9.17, 15) is 9.59 Å². The molecule has 7 heteroatoms. The Hall–Kier alpha value is -2.54. The Labute approximate surface area is 190 Å². The van der Waals surface area contributed by atoms with Crippen LogP contribution in [-0.2, 0) is 16.0 Å². The standard InChI is InChI=1S/C25H35N3O4/c1-26(16-19-7-6-11-27-10-5-4-8-21(19)27)25(30)17-28-12-9-18-13-22(31-2)23(32-3)14-20(18)15-24(28)29/h9,12-14,19,21H,4-8,10-11,15-17H2,1-3H3/t19-,21+/m0/s1. The minimum atomic E-state index is -0.0925. The number of carbonyl (C=O) groups excluding carboxylic acids is 2. The van der Waals surface area contributed by atoms with Crippen molar-refractivity contribution in [3.8, 4) is 11.5 Å². The van der Waals surface area contributed by atoms with E-state index in [0.29, 0.717) is 23.5 Å². The molecule has 0 aliphatic carbocycles. The molecule has 0 saturated carbocycles. The van der Waals surface area contributed by atoms with Crippen LogP contribution in [0.15, 0.2) is 18.3 Å². The molecule has 2 fully saturated rings. The third-order valence-corrected chi connectivity index (χ3v) is 7.21. The van der Waals surface area contributed by atoms with E-state index >= 15 is 0 Å². The fourth-order valence-corrected chi connectivity index (χ4v) is 5.41. The minimum absolute atomic E-state index is 0.0166. The first kappa shape index (κ1) is 22.6. The van der Waals surface area contributed by atoms with Gasteiger partial charge in [-0.1, -0.05) is 6.42 Å². The Morgan fingerprint density at radius 1 is 1.09 bits per heavy atom. The van der Waals surface area contributed by atoms with Gasteiger partial charge in [-0.2, -0.15) is 0 Å². The van der Waals surface area contributed by atoms with Crippen LogP contribution in [0.5, 0.6) is 11.5 Å². The highest BCUT2D eigenvalue weighted by atomic mass is 16.5. The second kappa shape index (κ2) is 9.94. The predicted molar refractivity (Wildman–Crippen MR) is 124 cm³/mol. The molecule has 3 aliphatic rings. The maximum Gasteiger partial charge on any atom is 0.242 e. The van der Waals surface area contributed by atoms with E-state index in [1.54, 1.807) is 20.4 Å². The Kier molecular flexibility index (Phi) is 7.04. The fraction of sp³-hybridized carbons (Fsp3) is 0.600. The Morgan fingerprint density at radius 2 is 1.84 bits per heavy atom. The van der Waals surface area contributed by atoms with Gasteiger partial charge in [-0.3, -0.25) is 9.59 Å². The van der Waals surface area contributed by atoms with E-state index in [-0.39, 0.29) is 24.8 Å². The first-order chi connectivity index (χ1) is 15.5. The number of piperidine rings is 2. The van der Waals surface area contributed by atoms with Crippen molar-refractivity contribution in [1.82, 2.24) is 14.7 Å². The molecule has 0 aromatic heterocycles. The summed E-state index contributed by atoms with van der Waals surface area (Å²) in [4.78, 5) is 31.9. The summed E-state index contributed by atoms with van der Waals surface area (Å²) in [5.74, 6) is 1.64. The van der Waals surface area contributed by atoms with Crippen molar-refractivity contribution in [2.75, 3.05) is 47.4 Å². The van der Waals surface area contributed by atoms with Gasteiger partial charge in [0, 0.05) is 25.8 Å². The third-order valence-electron chi connectivity index (χ3n) is 7.21. The van der Waals surface area contributed by atoms with Crippen LogP contribution in [0.3, 0.4) is 0 Å². The zero-order chi connectivity index (χ0) is 22.7. The van der Waals surface area contributed by atoms with E-state index in [0.717, 1.165) is 17.7 Å². The topological polar surface area (TPSA) is 62.3 Å². The first-order valence-electron chi connectivity index (χ1n) is 11.7. The largest absolute Gasteiger partial charge is 0.493 e. The fourth-order valence-electron chi connectivity index (χ4n) is 5.41. The van der Waals surface area contributed by atoms with E-state index in [2.05, 4.69) is 4.90 Å². The summed E-state index contributed by atoms with van der Waals surface area (Å²) in [6.07, 6.45) is 10.0. The SMILES string of the molecule is COc1cc2c(cc1OC)CC(=O)N(CC(=O)N(C)C[C@@H]1CCCN3CCCC[C@H]13)C=C2. The highest BCUT2D eigenvalue weighted by molar-refractivity contribution is 5.89. The summed E-state index contributed by atoms with van der Waals surface area (Å²) in [6.45, 7) is 3.22. The molecule has 1 aromatic rings. The van der Waals surface area contributed by atoms with E-state index in [4.69, 9.17) is 9.47 Å². The van der Waals surface area contributed by atoms with Crippen LogP contribution in [0, 0.1) is 5.92 Å². The van der Waals surface area contributed by atoms with Gasteiger partial charge in [-0.25, -0.2) is 0 Å². The Morgan fingerprint density at radius 3 is 2.62 bits per heavy atom. The quantitative estimate of drug-likeness (QED) is 0.679. The van der Waals surface area contributed by atoms with Crippen LogP contribution in [0.2, 0.25) is 0 Å². The van der Waals surface area contributed by atoms with Gasteiger partial charge in [0.25, 0.3) is 0 Å². The summed E-state index contributed by atoms with van der Waals surface area (Å²) in [5.41, 5.74) is 1.77. The minimum Gasteiger partial charge on any atom is -0.493 e. The zero-order valence-corrected chi connectivity index (χ0v) is 19.5. The molecule has 1 aromatic carbocycles. The van der Waals surface area contributed by atoms with E-state index in [1.807, 2.05) is 30.2 Å². The van der Waals surface area contributed by atoms with Crippen molar-refractivity contribution in [3.05, 3.63) is 29.5 Å².